The lowest BCUT2D eigenvalue weighted by atomic mass is 9.95. The highest BCUT2D eigenvalue weighted by molar-refractivity contribution is 8.00. The number of nitrogens with zero attached hydrogens (tertiary/aromatic N) is 3. The van der Waals surface area contributed by atoms with Crippen LogP contribution in [0.3, 0.4) is 0 Å². The largest absolute Gasteiger partial charge is 0.507 e. The minimum absolute atomic E-state index is 0.0507. The average Bonchev–Trinajstić information content (AvgIpc) is 3.61. The molecular formula is C34H33Cl2N3O5S2. The van der Waals surface area contributed by atoms with Crippen molar-refractivity contribution in [1.82, 2.24) is 10.2 Å². The number of ether oxygens (including phenoxy) is 2. The van der Waals surface area contributed by atoms with Gasteiger partial charge < -0.3 is 14.6 Å². The van der Waals surface area contributed by atoms with E-state index in [4.69, 9.17) is 32.7 Å². The number of aliphatic hydroxyl groups excluding tert-OH is 1. The summed E-state index contributed by atoms with van der Waals surface area (Å²) < 4.78 is 12.5. The van der Waals surface area contributed by atoms with Crippen molar-refractivity contribution in [2.24, 2.45) is 0 Å². The highest BCUT2D eigenvalue weighted by Crippen LogP contribution is 2.46. The third-order valence-electron chi connectivity index (χ3n) is 7.33. The number of anilines is 1. The molecule has 0 saturated carbocycles. The number of Topliss-reactive ketones (excluding diaryl/α,β-unsaturated/α-hetero) is 1. The third-order valence-corrected chi connectivity index (χ3v) is 10.0. The molecule has 4 aromatic rings. The Morgan fingerprint density at radius 3 is 2.48 bits per heavy atom. The van der Waals surface area contributed by atoms with E-state index < -0.39 is 17.7 Å². The molecule has 12 heteroatoms. The van der Waals surface area contributed by atoms with Crippen LogP contribution in [0.2, 0.25) is 10.0 Å². The number of thioether (sulfide) groups is 1. The van der Waals surface area contributed by atoms with Gasteiger partial charge in [-0.15, -0.1) is 10.2 Å². The molecular weight excluding hydrogens is 665 g/mol. The van der Waals surface area contributed by atoms with Crippen LogP contribution in [0, 0.1) is 6.92 Å². The normalized spacial score (nSPS) is 15.8. The summed E-state index contributed by atoms with van der Waals surface area (Å²) >= 11 is 15.0. The van der Waals surface area contributed by atoms with Crippen molar-refractivity contribution in [3.63, 3.8) is 0 Å². The van der Waals surface area contributed by atoms with Crippen molar-refractivity contribution in [2.45, 2.75) is 56.2 Å². The molecule has 1 saturated heterocycles. The van der Waals surface area contributed by atoms with Gasteiger partial charge in [-0.25, -0.2) is 0 Å². The fourth-order valence-electron chi connectivity index (χ4n) is 4.97. The molecule has 240 valence electrons. The number of unbranched alkanes of at least 4 members (excludes halogenated alkanes) is 2. The number of hydrogen-bond acceptors (Lipinski definition) is 9. The molecule has 5 rings (SSSR count). The second-order valence-corrected chi connectivity index (χ2v) is 13.6. The van der Waals surface area contributed by atoms with Crippen LogP contribution in [-0.2, 0) is 15.3 Å². The van der Waals surface area contributed by atoms with E-state index in [-0.39, 0.29) is 16.5 Å². The standard InChI is InChI=1S/C34H33Cl2N3O5S2/c1-4-6-7-16-44-26-15-13-22(17-27(26)43-5-2)29-28(30(40)21-10-8-20(3)9-11-21)31(41)32(42)39(29)33-37-38-34(46-33)45-19-23-12-14-24(35)18-25(23)36/h8-15,17-18,29,40H,4-7,16,19H2,1-3H3/b30-28+. The minimum Gasteiger partial charge on any atom is -0.507 e. The van der Waals surface area contributed by atoms with Crippen molar-refractivity contribution < 1.29 is 24.2 Å². The molecule has 0 spiro atoms. The van der Waals surface area contributed by atoms with Crippen LogP contribution in [0.15, 0.2) is 70.6 Å². The van der Waals surface area contributed by atoms with E-state index in [1.165, 1.54) is 28.0 Å². The molecule has 0 bridgehead atoms. The molecule has 2 heterocycles. The molecule has 8 nitrogen and oxygen atoms in total. The maximum absolute atomic E-state index is 13.7. The first-order valence-corrected chi connectivity index (χ1v) is 17.4. The predicted molar refractivity (Wildman–Crippen MR) is 185 cm³/mol. The van der Waals surface area contributed by atoms with Gasteiger partial charge in [0, 0.05) is 21.4 Å². The summed E-state index contributed by atoms with van der Waals surface area (Å²) in [5.74, 6) is -0.376. The Morgan fingerprint density at radius 1 is 0.978 bits per heavy atom. The highest BCUT2D eigenvalue weighted by atomic mass is 35.5. The van der Waals surface area contributed by atoms with E-state index in [1.807, 2.05) is 32.0 Å². The summed E-state index contributed by atoms with van der Waals surface area (Å²) in [5, 5.41) is 21.4. The lowest BCUT2D eigenvalue weighted by Gasteiger charge is -2.23. The van der Waals surface area contributed by atoms with Crippen LogP contribution in [0.1, 0.15) is 61.4 Å². The first-order chi connectivity index (χ1) is 22.2. The fraction of sp³-hybridized carbons (Fsp3) is 0.294. The molecule has 0 radical (unpaired) electrons. The monoisotopic (exact) mass is 697 g/mol. The van der Waals surface area contributed by atoms with E-state index in [0.29, 0.717) is 56.0 Å². The van der Waals surface area contributed by atoms with Crippen LogP contribution in [0.5, 0.6) is 11.5 Å². The topological polar surface area (TPSA) is 102 Å². The van der Waals surface area contributed by atoms with E-state index in [0.717, 1.165) is 30.4 Å². The summed E-state index contributed by atoms with van der Waals surface area (Å²) in [7, 11) is 0. The molecule has 1 aliphatic rings. The average molecular weight is 699 g/mol. The number of amides is 1. The SMILES string of the molecule is CCCCCOc1ccc(C2/C(=C(\O)c3ccc(C)cc3)C(=O)C(=O)N2c2nnc(SCc3ccc(Cl)cc3Cl)s2)cc1OCC. The molecule has 3 aromatic carbocycles. The van der Waals surface area contributed by atoms with Crippen molar-refractivity contribution in [3.05, 3.63) is 98.5 Å². The Bertz CT molecular complexity index is 1760. The lowest BCUT2D eigenvalue weighted by molar-refractivity contribution is -0.132. The molecule has 1 aliphatic heterocycles. The zero-order valence-corrected chi connectivity index (χ0v) is 28.7. The Balaban J connectivity index is 1.54. The molecule has 46 heavy (non-hydrogen) atoms. The Hall–Kier alpha value is -3.57. The number of carbonyl (C=O) groups is 2. The number of hydrogen-bond donors (Lipinski definition) is 1. The second-order valence-electron chi connectivity index (χ2n) is 10.6. The quantitative estimate of drug-likeness (QED) is 0.0369. The van der Waals surface area contributed by atoms with E-state index in [2.05, 4.69) is 17.1 Å². The zero-order valence-electron chi connectivity index (χ0n) is 25.6. The van der Waals surface area contributed by atoms with Crippen LogP contribution in [0.25, 0.3) is 5.76 Å². The Morgan fingerprint density at radius 2 is 1.76 bits per heavy atom. The Kier molecular flexibility index (Phi) is 11.3. The number of aliphatic hydroxyl groups is 1. The molecule has 1 atom stereocenters. The molecule has 1 aromatic heterocycles. The molecule has 0 aliphatic carbocycles. The van der Waals surface area contributed by atoms with Gasteiger partial charge in [-0.2, -0.15) is 0 Å². The highest BCUT2D eigenvalue weighted by Gasteiger charge is 2.48. The maximum atomic E-state index is 13.7. The number of rotatable bonds is 13. The van der Waals surface area contributed by atoms with Crippen molar-refractivity contribution >= 4 is 68.9 Å². The van der Waals surface area contributed by atoms with Gasteiger partial charge in [0.15, 0.2) is 15.8 Å². The van der Waals surface area contributed by atoms with Crippen LogP contribution in [0.4, 0.5) is 5.13 Å². The maximum Gasteiger partial charge on any atom is 0.301 e. The third kappa shape index (κ3) is 7.52. The van der Waals surface area contributed by atoms with Gasteiger partial charge in [-0.3, -0.25) is 14.5 Å². The summed E-state index contributed by atoms with van der Waals surface area (Å²) in [6.45, 7) is 6.84. The van der Waals surface area contributed by atoms with Crippen molar-refractivity contribution in [2.75, 3.05) is 18.1 Å². The molecule has 1 amide bonds. The summed E-state index contributed by atoms with van der Waals surface area (Å²) in [6.07, 6.45) is 3.02. The minimum atomic E-state index is -0.994. The van der Waals surface area contributed by atoms with Gasteiger partial charge in [0.2, 0.25) is 5.13 Å². The number of aryl methyl sites for hydroxylation is 1. The first-order valence-electron chi connectivity index (χ1n) is 14.9. The number of ketones is 1. The fourth-order valence-corrected chi connectivity index (χ4v) is 7.39. The van der Waals surface area contributed by atoms with Gasteiger partial charge >= 0.3 is 5.91 Å². The summed E-state index contributed by atoms with van der Waals surface area (Å²) in [5.41, 5.74) is 2.78. The molecule has 1 unspecified atom stereocenters. The second kappa shape index (κ2) is 15.3. The first kappa shape index (κ1) is 33.8. The van der Waals surface area contributed by atoms with Gasteiger partial charge in [0.05, 0.1) is 24.8 Å². The van der Waals surface area contributed by atoms with Gasteiger partial charge in [0.1, 0.15) is 5.76 Å². The van der Waals surface area contributed by atoms with Crippen molar-refractivity contribution in [3.8, 4) is 11.5 Å². The van der Waals surface area contributed by atoms with E-state index in [9.17, 15) is 14.7 Å². The summed E-state index contributed by atoms with van der Waals surface area (Å²) in [4.78, 5) is 28.7. The number of aromatic nitrogens is 2. The van der Waals surface area contributed by atoms with E-state index >= 15 is 0 Å². The smallest absolute Gasteiger partial charge is 0.301 e. The lowest BCUT2D eigenvalue weighted by Crippen LogP contribution is -2.29. The van der Waals surface area contributed by atoms with Gasteiger partial charge in [0.25, 0.3) is 5.78 Å². The zero-order chi connectivity index (χ0) is 32.8. The van der Waals surface area contributed by atoms with Crippen LogP contribution in [-0.4, -0.2) is 40.2 Å². The van der Waals surface area contributed by atoms with Gasteiger partial charge in [-0.05, 0) is 55.7 Å². The van der Waals surface area contributed by atoms with Gasteiger partial charge in [-0.1, -0.05) is 108 Å². The molecule has 1 fully saturated rings. The number of halogens is 2. The Labute approximate surface area is 286 Å². The predicted octanol–water partition coefficient (Wildman–Crippen LogP) is 9.04. The molecule has 1 N–H and O–H groups in total. The summed E-state index contributed by atoms with van der Waals surface area (Å²) in [6, 6.07) is 16.7. The van der Waals surface area contributed by atoms with Crippen LogP contribution >= 0.6 is 46.3 Å². The number of carbonyl (C=O) groups excluding carboxylic acids is 2. The van der Waals surface area contributed by atoms with E-state index in [1.54, 1.807) is 42.5 Å². The number of benzene rings is 3. The van der Waals surface area contributed by atoms with Crippen LogP contribution < -0.4 is 14.4 Å². The van der Waals surface area contributed by atoms with Crippen molar-refractivity contribution in [1.29, 1.82) is 0 Å².